The Bertz CT molecular complexity index is 395. The third kappa shape index (κ3) is 3.41. The van der Waals surface area contributed by atoms with Gasteiger partial charge in [0, 0.05) is 0 Å². The van der Waals surface area contributed by atoms with E-state index in [1.165, 1.54) is 0 Å². The van der Waals surface area contributed by atoms with Crippen LogP contribution in [0.15, 0.2) is 12.1 Å². The van der Waals surface area contributed by atoms with Crippen molar-refractivity contribution in [3.05, 3.63) is 29.3 Å². The van der Waals surface area contributed by atoms with Crippen molar-refractivity contribution in [1.29, 1.82) is 0 Å². The zero-order chi connectivity index (χ0) is 13.0. The summed E-state index contributed by atoms with van der Waals surface area (Å²) in [6.07, 6.45) is 1.18. The Morgan fingerprint density at radius 3 is 2.35 bits per heavy atom. The predicted octanol–water partition coefficient (Wildman–Crippen LogP) is 3.23. The molecule has 94 valence electrons. The maximum atomic E-state index is 13.4. The standard InChI is InChI=1S/C12H14F2O3/c1-3-4-7(2)17-11-9(13)5-8(12(15)16)6-10(11)14/h5-7H,3-4H2,1-2H3,(H,15,16). The summed E-state index contributed by atoms with van der Waals surface area (Å²) < 4.78 is 32.0. The van der Waals surface area contributed by atoms with E-state index in [-0.39, 0.29) is 6.10 Å². The molecule has 0 spiro atoms. The largest absolute Gasteiger partial charge is 0.485 e. The van der Waals surface area contributed by atoms with Crippen molar-refractivity contribution in [2.45, 2.75) is 32.8 Å². The van der Waals surface area contributed by atoms with E-state index >= 15 is 0 Å². The average molecular weight is 244 g/mol. The predicted molar refractivity (Wildman–Crippen MR) is 58.3 cm³/mol. The number of carboxylic acids is 1. The first-order valence-corrected chi connectivity index (χ1v) is 5.34. The van der Waals surface area contributed by atoms with Gasteiger partial charge in [0.15, 0.2) is 17.4 Å². The number of carboxylic acid groups (broad SMARTS) is 1. The molecule has 0 saturated heterocycles. The molecular formula is C12H14F2O3. The highest BCUT2D eigenvalue weighted by atomic mass is 19.1. The molecule has 0 aliphatic heterocycles. The van der Waals surface area contributed by atoms with Crippen LogP contribution in [0.1, 0.15) is 37.0 Å². The Morgan fingerprint density at radius 2 is 1.94 bits per heavy atom. The maximum absolute atomic E-state index is 13.4. The highest BCUT2D eigenvalue weighted by Crippen LogP contribution is 2.25. The second-order valence-corrected chi connectivity index (χ2v) is 3.79. The Morgan fingerprint density at radius 1 is 1.41 bits per heavy atom. The third-order valence-electron chi connectivity index (χ3n) is 2.26. The minimum atomic E-state index is -1.38. The highest BCUT2D eigenvalue weighted by molar-refractivity contribution is 5.87. The van der Waals surface area contributed by atoms with Crippen LogP contribution >= 0.6 is 0 Å². The molecule has 0 amide bonds. The van der Waals surface area contributed by atoms with Gasteiger partial charge in [0.2, 0.25) is 0 Å². The van der Waals surface area contributed by atoms with Crippen LogP contribution in [0.3, 0.4) is 0 Å². The molecular weight excluding hydrogens is 230 g/mol. The summed E-state index contributed by atoms with van der Waals surface area (Å²) in [7, 11) is 0. The Kier molecular flexibility index (Phi) is 4.43. The fourth-order valence-electron chi connectivity index (χ4n) is 1.46. The van der Waals surface area contributed by atoms with Crippen LogP contribution in [-0.2, 0) is 0 Å². The van der Waals surface area contributed by atoms with Crippen molar-refractivity contribution in [3.63, 3.8) is 0 Å². The van der Waals surface area contributed by atoms with Crippen molar-refractivity contribution in [2.75, 3.05) is 0 Å². The summed E-state index contributed by atoms with van der Waals surface area (Å²) in [4.78, 5) is 10.6. The molecule has 0 bridgehead atoms. The number of hydrogen-bond acceptors (Lipinski definition) is 2. The lowest BCUT2D eigenvalue weighted by Gasteiger charge is -2.15. The van der Waals surface area contributed by atoms with Gasteiger partial charge in [0.25, 0.3) is 0 Å². The highest BCUT2D eigenvalue weighted by Gasteiger charge is 2.17. The number of ether oxygens (including phenoxy) is 1. The van der Waals surface area contributed by atoms with Crippen LogP contribution in [0, 0.1) is 11.6 Å². The number of carbonyl (C=O) groups is 1. The van der Waals surface area contributed by atoms with Crippen LogP contribution in [-0.4, -0.2) is 17.2 Å². The van der Waals surface area contributed by atoms with Gasteiger partial charge in [-0.15, -0.1) is 0 Å². The van der Waals surface area contributed by atoms with Crippen LogP contribution in [0.2, 0.25) is 0 Å². The molecule has 1 N–H and O–H groups in total. The molecule has 1 unspecified atom stereocenters. The number of aromatic carboxylic acids is 1. The van der Waals surface area contributed by atoms with Crippen molar-refractivity contribution < 1.29 is 23.4 Å². The zero-order valence-corrected chi connectivity index (χ0v) is 9.67. The molecule has 1 atom stereocenters. The fourth-order valence-corrected chi connectivity index (χ4v) is 1.46. The van der Waals surface area contributed by atoms with E-state index < -0.39 is 28.9 Å². The smallest absolute Gasteiger partial charge is 0.335 e. The van der Waals surface area contributed by atoms with Gasteiger partial charge in [-0.2, -0.15) is 0 Å². The number of rotatable bonds is 5. The number of hydrogen-bond donors (Lipinski definition) is 1. The Hall–Kier alpha value is -1.65. The van der Waals surface area contributed by atoms with Gasteiger partial charge in [-0.1, -0.05) is 13.3 Å². The minimum Gasteiger partial charge on any atom is -0.485 e. The summed E-state index contributed by atoms with van der Waals surface area (Å²) in [5, 5.41) is 8.62. The van der Waals surface area contributed by atoms with Crippen molar-refractivity contribution in [1.82, 2.24) is 0 Å². The summed E-state index contributed by atoms with van der Waals surface area (Å²) in [5.74, 6) is -3.89. The molecule has 3 nitrogen and oxygen atoms in total. The van der Waals surface area contributed by atoms with Crippen LogP contribution in [0.25, 0.3) is 0 Å². The second kappa shape index (κ2) is 5.61. The van der Waals surface area contributed by atoms with Gasteiger partial charge in [0.05, 0.1) is 11.7 Å². The monoisotopic (exact) mass is 244 g/mol. The normalized spacial score (nSPS) is 12.2. The fraction of sp³-hybridized carbons (Fsp3) is 0.417. The van der Waals surface area contributed by atoms with Gasteiger partial charge in [-0.3, -0.25) is 0 Å². The molecule has 17 heavy (non-hydrogen) atoms. The van der Waals surface area contributed by atoms with Crippen molar-refractivity contribution in [3.8, 4) is 5.75 Å². The van der Waals surface area contributed by atoms with Crippen LogP contribution < -0.4 is 4.74 Å². The van der Waals surface area contributed by atoms with E-state index in [1.54, 1.807) is 6.92 Å². The molecule has 0 aliphatic rings. The molecule has 5 heteroatoms. The van der Waals surface area contributed by atoms with E-state index in [0.717, 1.165) is 18.6 Å². The number of benzene rings is 1. The quantitative estimate of drug-likeness (QED) is 0.864. The molecule has 0 fully saturated rings. The van der Waals surface area contributed by atoms with Gasteiger partial charge in [-0.25, -0.2) is 13.6 Å². The maximum Gasteiger partial charge on any atom is 0.335 e. The molecule has 0 radical (unpaired) electrons. The first-order valence-electron chi connectivity index (χ1n) is 5.34. The Labute approximate surface area is 98.0 Å². The van der Waals surface area contributed by atoms with Gasteiger partial charge in [0.1, 0.15) is 0 Å². The van der Waals surface area contributed by atoms with Crippen LogP contribution in [0.4, 0.5) is 8.78 Å². The third-order valence-corrected chi connectivity index (χ3v) is 2.26. The SMILES string of the molecule is CCCC(C)Oc1c(F)cc(C(=O)O)cc1F. The van der Waals surface area contributed by atoms with Crippen molar-refractivity contribution >= 4 is 5.97 Å². The molecule has 1 aromatic carbocycles. The van der Waals surface area contributed by atoms with Gasteiger partial charge in [-0.05, 0) is 25.5 Å². The van der Waals surface area contributed by atoms with Crippen LogP contribution in [0.5, 0.6) is 5.75 Å². The molecule has 0 aliphatic carbocycles. The van der Waals surface area contributed by atoms with Gasteiger partial charge < -0.3 is 9.84 Å². The summed E-state index contributed by atoms with van der Waals surface area (Å²) >= 11 is 0. The molecule has 0 aromatic heterocycles. The van der Waals surface area contributed by atoms with Gasteiger partial charge >= 0.3 is 5.97 Å². The van der Waals surface area contributed by atoms with E-state index in [1.807, 2.05) is 6.92 Å². The topological polar surface area (TPSA) is 46.5 Å². The van der Waals surface area contributed by atoms with E-state index in [2.05, 4.69) is 0 Å². The lowest BCUT2D eigenvalue weighted by atomic mass is 10.2. The number of halogens is 2. The molecule has 0 heterocycles. The van der Waals surface area contributed by atoms with E-state index in [9.17, 15) is 13.6 Å². The molecule has 0 saturated carbocycles. The average Bonchev–Trinajstić information content (AvgIpc) is 2.23. The second-order valence-electron chi connectivity index (χ2n) is 3.79. The summed E-state index contributed by atoms with van der Waals surface area (Å²) in [6, 6.07) is 1.50. The van der Waals surface area contributed by atoms with E-state index in [4.69, 9.17) is 9.84 Å². The first kappa shape index (κ1) is 13.4. The Balaban J connectivity index is 2.97. The van der Waals surface area contributed by atoms with E-state index in [0.29, 0.717) is 6.42 Å². The van der Waals surface area contributed by atoms with Crippen molar-refractivity contribution in [2.24, 2.45) is 0 Å². The minimum absolute atomic E-state index is 0.320. The summed E-state index contributed by atoms with van der Waals surface area (Å²) in [6.45, 7) is 3.63. The molecule has 1 aromatic rings. The lowest BCUT2D eigenvalue weighted by molar-refractivity contribution is 0.0695. The first-order chi connectivity index (χ1) is 7.95. The summed E-state index contributed by atoms with van der Waals surface area (Å²) in [5.41, 5.74) is -0.435. The zero-order valence-electron chi connectivity index (χ0n) is 9.67. The lowest BCUT2D eigenvalue weighted by Crippen LogP contribution is -2.13. The molecule has 1 rings (SSSR count).